The molecule has 0 atom stereocenters. The van der Waals surface area contributed by atoms with E-state index in [1.165, 1.54) is 6.20 Å². The van der Waals surface area contributed by atoms with Gasteiger partial charge in [-0.05, 0) is 6.92 Å². The third-order valence-corrected chi connectivity index (χ3v) is 2.11. The van der Waals surface area contributed by atoms with Crippen LogP contribution in [0.2, 0.25) is 0 Å². The van der Waals surface area contributed by atoms with Crippen LogP contribution in [0.15, 0.2) is 10.7 Å². The Hall–Kier alpha value is -1.36. The molecule has 0 bridgehead atoms. The lowest BCUT2D eigenvalue weighted by Gasteiger charge is -2.21. The molecule has 2 N–H and O–H groups in total. The summed E-state index contributed by atoms with van der Waals surface area (Å²) in [5.74, 6) is -0.0738. The summed E-state index contributed by atoms with van der Waals surface area (Å²) in [6.45, 7) is 5.88. The van der Waals surface area contributed by atoms with Crippen molar-refractivity contribution in [2.75, 3.05) is 13.2 Å². The van der Waals surface area contributed by atoms with Crippen LogP contribution in [0, 0.1) is 12.3 Å². The third-order valence-electron chi connectivity index (χ3n) is 2.11. The molecule has 1 aromatic heterocycles. The van der Waals surface area contributed by atoms with Gasteiger partial charge in [0.25, 0.3) is 5.91 Å². The molecule has 0 radical (unpaired) electrons. The first-order valence-electron chi connectivity index (χ1n) is 4.76. The number of amides is 1. The van der Waals surface area contributed by atoms with Crippen molar-refractivity contribution in [2.45, 2.75) is 20.8 Å². The van der Waals surface area contributed by atoms with Crippen LogP contribution < -0.4 is 5.32 Å². The maximum absolute atomic E-state index is 11.6. The molecule has 1 amide bonds. The number of carbonyl (C=O) groups is 1. The summed E-state index contributed by atoms with van der Waals surface area (Å²) >= 11 is 0. The van der Waals surface area contributed by atoms with E-state index >= 15 is 0 Å². The van der Waals surface area contributed by atoms with Crippen molar-refractivity contribution in [2.24, 2.45) is 5.41 Å². The minimum Gasteiger partial charge on any atom is -0.396 e. The largest absolute Gasteiger partial charge is 0.396 e. The van der Waals surface area contributed by atoms with Crippen molar-refractivity contribution in [1.29, 1.82) is 0 Å². The lowest BCUT2D eigenvalue weighted by molar-refractivity contribution is 0.0874. The first-order valence-corrected chi connectivity index (χ1v) is 4.76. The Morgan fingerprint density at radius 1 is 1.67 bits per heavy atom. The van der Waals surface area contributed by atoms with E-state index in [4.69, 9.17) is 9.63 Å². The number of hydrogen-bond donors (Lipinski definition) is 2. The van der Waals surface area contributed by atoms with Gasteiger partial charge in [-0.25, -0.2) is 0 Å². The smallest absolute Gasteiger partial charge is 0.290 e. The van der Waals surface area contributed by atoms with E-state index in [2.05, 4.69) is 10.5 Å². The molecule has 0 fully saturated rings. The lowest BCUT2D eigenvalue weighted by Crippen LogP contribution is -2.36. The molecule has 0 aliphatic carbocycles. The summed E-state index contributed by atoms with van der Waals surface area (Å²) in [5, 5.41) is 15.2. The Balaban J connectivity index is 2.55. The first-order chi connectivity index (χ1) is 6.96. The number of aliphatic hydroxyl groups is 1. The third kappa shape index (κ3) is 3.06. The molecule has 84 valence electrons. The summed E-state index contributed by atoms with van der Waals surface area (Å²) in [5.41, 5.74) is 0.373. The molecule has 1 rings (SSSR count). The van der Waals surface area contributed by atoms with E-state index in [0.29, 0.717) is 12.1 Å². The fourth-order valence-corrected chi connectivity index (χ4v) is 0.965. The van der Waals surface area contributed by atoms with Crippen LogP contribution in [0.25, 0.3) is 0 Å². The standard InChI is InChI=1S/C10H16N2O3/c1-7-4-12-15-8(7)9(14)11-5-10(2,3)6-13/h4,13H,5-6H2,1-3H3,(H,11,14). The fraction of sp³-hybridized carbons (Fsp3) is 0.600. The molecular formula is C10H16N2O3. The van der Waals surface area contributed by atoms with Gasteiger partial charge >= 0.3 is 0 Å². The highest BCUT2D eigenvalue weighted by atomic mass is 16.5. The maximum atomic E-state index is 11.6. The number of aliphatic hydroxyl groups excluding tert-OH is 1. The van der Waals surface area contributed by atoms with Crippen LogP contribution in [-0.4, -0.2) is 29.3 Å². The predicted octanol–water partition coefficient (Wildman–Crippen LogP) is 0.731. The molecule has 0 aliphatic rings. The normalized spacial score (nSPS) is 11.5. The van der Waals surface area contributed by atoms with Crippen LogP contribution in [0.1, 0.15) is 30.0 Å². The van der Waals surface area contributed by atoms with E-state index in [-0.39, 0.29) is 23.7 Å². The van der Waals surface area contributed by atoms with Gasteiger partial charge in [0.15, 0.2) is 0 Å². The Labute approximate surface area is 88.5 Å². The molecule has 5 heteroatoms. The number of rotatable bonds is 4. The molecule has 0 saturated heterocycles. The van der Waals surface area contributed by atoms with E-state index < -0.39 is 0 Å². The van der Waals surface area contributed by atoms with Crippen LogP contribution in [0.3, 0.4) is 0 Å². The van der Waals surface area contributed by atoms with E-state index in [9.17, 15) is 4.79 Å². The topological polar surface area (TPSA) is 75.4 Å². The molecule has 0 spiro atoms. The van der Waals surface area contributed by atoms with Crippen molar-refractivity contribution in [3.8, 4) is 0 Å². The number of carbonyl (C=O) groups excluding carboxylic acids is 1. The second-order valence-electron chi connectivity index (χ2n) is 4.34. The van der Waals surface area contributed by atoms with Crippen molar-refractivity contribution in [1.82, 2.24) is 10.5 Å². The molecule has 0 saturated carbocycles. The van der Waals surface area contributed by atoms with Gasteiger partial charge in [0.05, 0.1) is 6.20 Å². The van der Waals surface area contributed by atoms with E-state index in [1.807, 2.05) is 13.8 Å². The molecule has 0 aromatic carbocycles. The van der Waals surface area contributed by atoms with Gasteiger partial charge in [0, 0.05) is 24.1 Å². The average Bonchev–Trinajstić information content (AvgIpc) is 2.61. The molecule has 15 heavy (non-hydrogen) atoms. The van der Waals surface area contributed by atoms with E-state index in [0.717, 1.165) is 0 Å². The second-order valence-corrected chi connectivity index (χ2v) is 4.34. The Morgan fingerprint density at radius 2 is 2.33 bits per heavy atom. The van der Waals surface area contributed by atoms with Crippen molar-refractivity contribution in [3.63, 3.8) is 0 Å². The number of aromatic nitrogens is 1. The molecule has 5 nitrogen and oxygen atoms in total. The Bertz CT molecular complexity index is 344. The molecule has 1 heterocycles. The fourth-order valence-electron chi connectivity index (χ4n) is 0.965. The van der Waals surface area contributed by atoms with Gasteiger partial charge in [0.2, 0.25) is 5.76 Å². The highest BCUT2D eigenvalue weighted by molar-refractivity contribution is 5.92. The van der Waals surface area contributed by atoms with Crippen LogP contribution in [-0.2, 0) is 0 Å². The number of nitrogens with zero attached hydrogens (tertiary/aromatic N) is 1. The van der Waals surface area contributed by atoms with Gasteiger partial charge in [-0.3, -0.25) is 4.79 Å². The van der Waals surface area contributed by atoms with Crippen LogP contribution in [0.4, 0.5) is 0 Å². The zero-order valence-electron chi connectivity index (χ0n) is 9.20. The number of nitrogens with one attached hydrogen (secondary N) is 1. The summed E-state index contributed by atoms with van der Waals surface area (Å²) in [7, 11) is 0. The zero-order chi connectivity index (χ0) is 11.5. The number of aryl methyl sites for hydroxylation is 1. The minimum absolute atomic E-state index is 0.0165. The average molecular weight is 212 g/mol. The summed E-state index contributed by atoms with van der Waals surface area (Å²) in [6, 6.07) is 0. The first kappa shape index (κ1) is 11.7. The molecule has 1 aromatic rings. The summed E-state index contributed by atoms with van der Waals surface area (Å²) in [4.78, 5) is 11.6. The molecular weight excluding hydrogens is 196 g/mol. The Kier molecular flexibility index (Phi) is 3.47. The molecule has 0 unspecified atom stereocenters. The van der Waals surface area contributed by atoms with Gasteiger partial charge in [-0.1, -0.05) is 19.0 Å². The van der Waals surface area contributed by atoms with Crippen molar-refractivity contribution in [3.05, 3.63) is 17.5 Å². The van der Waals surface area contributed by atoms with Crippen LogP contribution >= 0.6 is 0 Å². The van der Waals surface area contributed by atoms with Gasteiger partial charge < -0.3 is 14.9 Å². The minimum atomic E-state index is -0.330. The summed E-state index contributed by atoms with van der Waals surface area (Å²) < 4.78 is 4.80. The molecule has 0 aliphatic heterocycles. The number of hydrogen-bond acceptors (Lipinski definition) is 4. The van der Waals surface area contributed by atoms with Crippen molar-refractivity contribution < 1.29 is 14.4 Å². The SMILES string of the molecule is Cc1cnoc1C(=O)NCC(C)(C)CO. The van der Waals surface area contributed by atoms with Gasteiger partial charge in [0.1, 0.15) is 0 Å². The lowest BCUT2D eigenvalue weighted by atomic mass is 9.95. The quantitative estimate of drug-likeness (QED) is 0.771. The van der Waals surface area contributed by atoms with E-state index in [1.54, 1.807) is 6.92 Å². The monoisotopic (exact) mass is 212 g/mol. The van der Waals surface area contributed by atoms with Crippen molar-refractivity contribution >= 4 is 5.91 Å². The Morgan fingerprint density at radius 3 is 2.80 bits per heavy atom. The predicted molar refractivity (Wildman–Crippen MR) is 54.4 cm³/mol. The highest BCUT2D eigenvalue weighted by Crippen LogP contribution is 2.12. The summed E-state index contributed by atoms with van der Waals surface area (Å²) in [6.07, 6.45) is 1.49. The van der Waals surface area contributed by atoms with Crippen LogP contribution in [0.5, 0.6) is 0 Å². The highest BCUT2D eigenvalue weighted by Gasteiger charge is 2.20. The second kappa shape index (κ2) is 4.44. The van der Waals surface area contributed by atoms with Gasteiger partial charge in [-0.15, -0.1) is 0 Å². The van der Waals surface area contributed by atoms with Gasteiger partial charge in [-0.2, -0.15) is 0 Å². The zero-order valence-corrected chi connectivity index (χ0v) is 9.20. The maximum Gasteiger partial charge on any atom is 0.290 e.